The number of nitrogens with zero attached hydrogens (tertiary/aromatic N) is 1. The number of rotatable bonds is 7. The molecule has 2 N–H and O–H groups in total. The van der Waals surface area contributed by atoms with Gasteiger partial charge in [0.15, 0.2) is 0 Å². The smallest absolute Gasteiger partial charge is 0.326 e. The van der Waals surface area contributed by atoms with Gasteiger partial charge < -0.3 is 15.2 Å². The molecule has 6 nitrogen and oxygen atoms in total. The minimum Gasteiger partial charge on any atom is -0.480 e. The molecule has 0 saturated heterocycles. The number of carbonyl (C=O) groups excluding carboxylic acids is 1. The van der Waals surface area contributed by atoms with Crippen molar-refractivity contribution in [3.63, 3.8) is 0 Å². The molecule has 0 saturated carbocycles. The number of aromatic nitrogens is 1. The van der Waals surface area contributed by atoms with Gasteiger partial charge >= 0.3 is 5.97 Å². The number of amides is 1. The van der Waals surface area contributed by atoms with Crippen LogP contribution in [0.3, 0.4) is 0 Å². The van der Waals surface area contributed by atoms with Crippen molar-refractivity contribution in [2.75, 3.05) is 7.11 Å². The Labute approximate surface area is 131 Å². The molecule has 1 atom stereocenters. The number of benzene rings is 1. The molecule has 0 aliphatic heterocycles. The minimum absolute atomic E-state index is 0.211. The number of thiazole rings is 1. The Morgan fingerprint density at radius 1 is 1.36 bits per heavy atom. The highest BCUT2D eigenvalue weighted by Gasteiger charge is 2.23. The average molecular weight is 320 g/mol. The summed E-state index contributed by atoms with van der Waals surface area (Å²) >= 11 is 1.16. The SMILES string of the molecule is COCc1ncsc1C(=O)N[C@H](Cc1ccccc1)C(=O)O. The highest BCUT2D eigenvalue weighted by atomic mass is 32.1. The van der Waals surface area contributed by atoms with Gasteiger partial charge in [-0.3, -0.25) is 4.79 Å². The van der Waals surface area contributed by atoms with Crippen molar-refractivity contribution in [3.8, 4) is 0 Å². The molecule has 0 bridgehead atoms. The van der Waals surface area contributed by atoms with Crippen LogP contribution >= 0.6 is 11.3 Å². The summed E-state index contributed by atoms with van der Waals surface area (Å²) in [6.07, 6.45) is 0.223. The van der Waals surface area contributed by atoms with E-state index in [0.29, 0.717) is 10.6 Å². The molecule has 7 heteroatoms. The van der Waals surface area contributed by atoms with Gasteiger partial charge in [-0.2, -0.15) is 0 Å². The van der Waals surface area contributed by atoms with Crippen molar-refractivity contribution in [2.24, 2.45) is 0 Å². The number of carbonyl (C=O) groups is 2. The molecule has 1 heterocycles. The lowest BCUT2D eigenvalue weighted by Gasteiger charge is -2.14. The fourth-order valence-electron chi connectivity index (χ4n) is 1.97. The maximum atomic E-state index is 12.2. The Hall–Kier alpha value is -2.25. The first-order chi connectivity index (χ1) is 10.6. The maximum Gasteiger partial charge on any atom is 0.326 e. The molecule has 22 heavy (non-hydrogen) atoms. The van der Waals surface area contributed by atoms with Crippen LogP contribution in [-0.4, -0.2) is 35.1 Å². The summed E-state index contributed by atoms with van der Waals surface area (Å²) in [4.78, 5) is 28.0. The van der Waals surface area contributed by atoms with Gasteiger partial charge in [-0.05, 0) is 5.56 Å². The zero-order valence-electron chi connectivity index (χ0n) is 12.0. The van der Waals surface area contributed by atoms with E-state index in [1.54, 1.807) is 0 Å². The number of carboxylic acid groups (broad SMARTS) is 1. The van der Waals surface area contributed by atoms with Gasteiger partial charge in [-0.15, -0.1) is 11.3 Å². The van der Waals surface area contributed by atoms with Crippen molar-refractivity contribution in [1.29, 1.82) is 0 Å². The van der Waals surface area contributed by atoms with Gasteiger partial charge in [0.05, 0.1) is 17.8 Å². The van der Waals surface area contributed by atoms with Crippen LogP contribution in [0.5, 0.6) is 0 Å². The van der Waals surface area contributed by atoms with Gasteiger partial charge in [0, 0.05) is 13.5 Å². The van der Waals surface area contributed by atoms with E-state index >= 15 is 0 Å². The van der Waals surface area contributed by atoms with E-state index in [1.165, 1.54) is 12.6 Å². The molecule has 0 radical (unpaired) electrons. The van der Waals surface area contributed by atoms with Gasteiger partial charge in [-0.1, -0.05) is 30.3 Å². The van der Waals surface area contributed by atoms with Crippen molar-refractivity contribution < 1.29 is 19.4 Å². The third-order valence-corrected chi connectivity index (χ3v) is 3.88. The van der Waals surface area contributed by atoms with E-state index in [9.17, 15) is 14.7 Å². The summed E-state index contributed by atoms with van der Waals surface area (Å²) < 4.78 is 4.97. The normalized spacial score (nSPS) is 11.9. The standard InChI is InChI=1S/C15H16N2O4S/c1-21-8-12-13(22-9-16-12)14(18)17-11(15(19)20)7-10-5-3-2-4-6-10/h2-6,9,11H,7-8H2,1H3,(H,17,18)(H,19,20)/t11-/m1/s1. The fraction of sp³-hybridized carbons (Fsp3) is 0.267. The highest BCUT2D eigenvalue weighted by molar-refractivity contribution is 7.11. The first-order valence-electron chi connectivity index (χ1n) is 6.60. The Morgan fingerprint density at radius 2 is 2.09 bits per heavy atom. The summed E-state index contributed by atoms with van der Waals surface area (Å²) in [5, 5.41) is 11.8. The van der Waals surface area contributed by atoms with Crippen LogP contribution in [0, 0.1) is 0 Å². The number of ether oxygens (including phenoxy) is 1. The number of hydrogen-bond donors (Lipinski definition) is 2. The number of methoxy groups -OCH3 is 1. The topological polar surface area (TPSA) is 88.5 Å². The Balaban J connectivity index is 2.09. The summed E-state index contributed by atoms with van der Waals surface area (Å²) in [5.41, 5.74) is 2.89. The first kappa shape index (κ1) is 16.1. The molecule has 2 aromatic rings. The van der Waals surface area contributed by atoms with E-state index in [-0.39, 0.29) is 13.0 Å². The van der Waals surface area contributed by atoms with Crippen LogP contribution in [0.25, 0.3) is 0 Å². The number of hydrogen-bond acceptors (Lipinski definition) is 5. The zero-order chi connectivity index (χ0) is 15.9. The maximum absolute atomic E-state index is 12.2. The predicted octanol–water partition coefficient (Wildman–Crippen LogP) is 1.72. The van der Waals surface area contributed by atoms with Crippen LogP contribution < -0.4 is 5.32 Å². The Morgan fingerprint density at radius 3 is 2.73 bits per heavy atom. The number of nitrogens with one attached hydrogen (secondary N) is 1. The highest BCUT2D eigenvalue weighted by Crippen LogP contribution is 2.15. The number of carboxylic acids is 1. The van der Waals surface area contributed by atoms with Crippen LogP contribution in [0.15, 0.2) is 35.8 Å². The van der Waals surface area contributed by atoms with Crippen molar-refractivity contribution in [3.05, 3.63) is 52.0 Å². The molecule has 0 fully saturated rings. The summed E-state index contributed by atoms with van der Waals surface area (Å²) in [6, 6.07) is 8.17. The predicted molar refractivity (Wildman–Crippen MR) is 81.9 cm³/mol. The molecule has 1 aromatic carbocycles. The largest absolute Gasteiger partial charge is 0.480 e. The van der Waals surface area contributed by atoms with Gasteiger partial charge in [0.25, 0.3) is 5.91 Å². The average Bonchev–Trinajstić information content (AvgIpc) is 2.96. The second kappa shape index (κ2) is 7.67. The second-order valence-corrected chi connectivity index (χ2v) is 5.47. The van der Waals surface area contributed by atoms with E-state index in [4.69, 9.17) is 4.74 Å². The molecule has 0 spiro atoms. The lowest BCUT2D eigenvalue weighted by molar-refractivity contribution is -0.139. The van der Waals surface area contributed by atoms with Crippen molar-refractivity contribution >= 4 is 23.2 Å². The first-order valence-corrected chi connectivity index (χ1v) is 7.48. The molecule has 2 rings (SSSR count). The molecular weight excluding hydrogens is 304 g/mol. The minimum atomic E-state index is -1.07. The van der Waals surface area contributed by atoms with Crippen LogP contribution in [0.4, 0.5) is 0 Å². The second-order valence-electron chi connectivity index (χ2n) is 4.62. The summed E-state index contributed by atoms with van der Waals surface area (Å²) in [5.74, 6) is -1.52. The van der Waals surface area contributed by atoms with Crippen LogP contribution in [0.1, 0.15) is 20.9 Å². The molecule has 0 aliphatic carbocycles. The quantitative estimate of drug-likeness (QED) is 0.811. The van der Waals surface area contributed by atoms with E-state index < -0.39 is 17.9 Å². The van der Waals surface area contributed by atoms with Gasteiger partial charge in [0.1, 0.15) is 10.9 Å². The van der Waals surface area contributed by atoms with Crippen molar-refractivity contribution in [2.45, 2.75) is 19.1 Å². The van der Waals surface area contributed by atoms with E-state index in [1.807, 2.05) is 30.3 Å². The molecule has 116 valence electrons. The van der Waals surface area contributed by atoms with Crippen LogP contribution in [-0.2, 0) is 22.6 Å². The Kier molecular flexibility index (Phi) is 5.62. The molecule has 0 aliphatic rings. The monoisotopic (exact) mass is 320 g/mol. The lowest BCUT2D eigenvalue weighted by atomic mass is 10.1. The molecule has 0 unspecified atom stereocenters. The number of aliphatic carboxylic acids is 1. The third kappa shape index (κ3) is 4.12. The van der Waals surface area contributed by atoms with Crippen LogP contribution in [0.2, 0.25) is 0 Å². The summed E-state index contributed by atoms with van der Waals surface area (Å²) in [6.45, 7) is 0.211. The summed E-state index contributed by atoms with van der Waals surface area (Å²) in [7, 11) is 1.51. The Bertz CT molecular complexity index is 642. The van der Waals surface area contributed by atoms with Gasteiger partial charge in [-0.25, -0.2) is 9.78 Å². The fourth-order valence-corrected chi connectivity index (χ4v) is 2.67. The van der Waals surface area contributed by atoms with Gasteiger partial charge in [0.2, 0.25) is 0 Å². The van der Waals surface area contributed by atoms with E-state index in [2.05, 4.69) is 10.3 Å². The third-order valence-electron chi connectivity index (χ3n) is 3.01. The lowest BCUT2D eigenvalue weighted by Crippen LogP contribution is -2.42. The van der Waals surface area contributed by atoms with Crippen molar-refractivity contribution in [1.82, 2.24) is 10.3 Å². The molecule has 1 amide bonds. The zero-order valence-corrected chi connectivity index (χ0v) is 12.8. The molecule has 1 aromatic heterocycles. The van der Waals surface area contributed by atoms with E-state index in [0.717, 1.165) is 16.9 Å². The molecular formula is C15H16N2O4S.